The molecule has 0 bridgehead atoms. The van der Waals surface area contributed by atoms with Crippen molar-refractivity contribution < 1.29 is 4.79 Å². The number of rotatable bonds is 3. The highest BCUT2D eigenvalue weighted by molar-refractivity contribution is 7.16. The van der Waals surface area contributed by atoms with E-state index in [1.807, 2.05) is 20.9 Å². The van der Waals surface area contributed by atoms with E-state index in [0.29, 0.717) is 10.6 Å². The van der Waals surface area contributed by atoms with Gasteiger partial charge in [-0.25, -0.2) is 9.97 Å². The van der Waals surface area contributed by atoms with Crippen LogP contribution in [0.25, 0.3) is 10.6 Å². The summed E-state index contributed by atoms with van der Waals surface area (Å²) in [7, 11) is 1.88. The van der Waals surface area contributed by atoms with Crippen molar-refractivity contribution >= 4 is 45.7 Å². The topological polar surface area (TPSA) is 54.9 Å². The Balaban J connectivity index is 0.000000185. The Morgan fingerprint density at radius 3 is 2.35 bits per heavy atom. The highest BCUT2D eigenvalue weighted by Gasteiger charge is 2.10. The number of hydrogen-bond donors (Lipinski definition) is 1. The van der Waals surface area contributed by atoms with Gasteiger partial charge in [0, 0.05) is 23.0 Å². The minimum absolute atomic E-state index is 0.652. The highest BCUT2D eigenvalue weighted by Crippen LogP contribution is 2.31. The Bertz CT molecular complexity index is 781. The highest BCUT2D eigenvalue weighted by atomic mass is 35.5. The summed E-state index contributed by atoms with van der Waals surface area (Å²) < 4.78 is 0. The number of carbonyl (C=O) groups is 1. The molecule has 2 heterocycles. The number of aromatic nitrogens is 2. The quantitative estimate of drug-likeness (QED) is 0.658. The van der Waals surface area contributed by atoms with Crippen LogP contribution in [0.3, 0.4) is 0 Å². The number of aldehydes is 1. The second-order valence-corrected chi connectivity index (χ2v) is 7.10. The Morgan fingerprint density at radius 1 is 1.17 bits per heavy atom. The minimum atomic E-state index is 0.652. The maximum atomic E-state index is 10.1. The summed E-state index contributed by atoms with van der Waals surface area (Å²) in [6.45, 7) is 4.05. The maximum Gasteiger partial charge on any atom is 0.182 e. The number of aryl methyl sites for hydroxylation is 2. The summed E-state index contributed by atoms with van der Waals surface area (Å²) in [5.74, 6) is 0. The standard InChI is InChI=1S/C9H11N3S2.C7H5ClO/c1-5-8(14-6(2)11-5)7-4-13-9(10-3)12-7;8-7-3-1-6(5-9)2-4-7/h4H,1-3H3,(H,10,12);1-5H. The molecule has 0 radical (unpaired) electrons. The molecule has 0 amide bonds. The number of halogens is 1. The number of nitrogens with zero attached hydrogens (tertiary/aromatic N) is 2. The molecule has 0 saturated carbocycles. The van der Waals surface area contributed by atoms with Crippen LogP contribution in [0.2, 0.25) is 5.02 Å². The molecule has 3 rings (SSSR count). The van der Waals surface area contributed by atoms with Gasteiger partial charge in [-0.1, -0.05) is 23.7 Å². The van der Waals surface area contributed by atoms with Crippen molar-refractivity contribution in [1.82, 2.24) is 9.97 Å². The predicted molar refractivity (Wildman–Crippen MR) is 99.1 cm³/mol. The Kier molecular flexibility index (Phi) is 6.27. The Hall–Kier alpha value is -1.76. The van der Waals surface area contributed by atoms with Crippen molar-refractivity contribution in [2.45, 2.75) is 13.8 Å². The molecule has 3 aromatic rings. The molecule has 1 N–H and O–H groups in total. The van der Waals surface area contributed by atoms with E-state index in [9.17, 15) is 4.79 Å². The largest absolute Gasteiger partial charge is 0.365 e. The average Bonchev–Trinajstić information content (AvgIpc) is 3.14. The van der Waals surface area contributed by atoms with Crippen LogP contribution in [-0.2, 0) is 0 Å². The van der Waals surface area contributed by atoms with Crippen LogP contribution >= 0.6 is 34.3 Å². The summed E-state index contributed by atoms with van der Waals surface area (Å²) in [6.07, 6.45) is 0.788. The van der Waals surface area contributed by atoms with Gasteiger partial charge in [-0.15, -0.1) is 22.7 Å². The molecule has 0 aliphatic rings. The monoisotopic (exact) mass is 365 g/mol. The summed E-state index contributed by atoms with van der Waals surface area (Å²) in [5, 5.41) is 7.79. The number of hydrogen-bond acceptors (Lipinski definition) is 6. The van der Waals surface area contributed by atoms with E-state index < -0.39 is 0 Å². The first-order valence-electron chi connectivity index (χ1n) is 6.82. The van der Waals surface area contributed by atoms with Crippen LogP contribution in [0, 0.1) is 13.8 Å². The molecule has 0 spiro atoms. The van der Waals surface area contributed by atoms with Gasteiger partial charge in [-0.2, -0.15) is 0 Å². The van der Waals surface area contributed by atoms with Gasteiger partial charge in [0.25, 0.3) is 0 Å². The van der Waals surface area contributed by atoms with E-state index in [-0.39, 0.29) is 0 Å². The Morgan fingerprint density at radius 2 is 1.87 bits per heavy atom. The lowest BCUT2D eigenvalue weighted by atomic mass is 10.2. The van der Waals surface area contributed by atoms with Crippen LogP contribution in [0.5, 0.6) is 0 Å². The van der Waals surface area contributed by atoms with E-state index in [1.54, 1.807) is 46.9 Å². The second kappa shape index (κ2) is 8.19. The molecular weight excluding hydrogens is 350 g/mol. The third-order valence-corrected chi connectivity index (χ3v) is 5.07. The molecule has 0 fully saturated rings. The molecule has 0 unspecified atom stereocenters. The molecule has 120 valence electrons. The zero-order valence-electron chi connectivity index (χ0n) is 13.0. The first kappa shape index (κ1) is 17.6. The first-order chi connectivity index (χ1) is 11.0. The van der Waals surface area contributed by atoms with Crippen molar-refractivity contribution in [2.24, 2.45) is 0 Å². The van der Waals surface area contributed by atoms with Gasteiger partial charge >= 0.3 is 0 Å². The van der Waals surface area contributed by atoms with E-state index >= 15 is 0 Å². The van der Waals surface area contributed by atoms with E-state index in [0.717, 1.165) is 27.8 Å². The first-order valence-corrected chi connectivity index (χ1v) is 8.89. The van der Waals surface area contributed by atoms with Crippen molar-refractivity contribution in [3.8, 4) is 10.6 Å². The van der Waals surface area contributed by atoms with E-state index in [1.165, 1.54) is 4.88 Å². The third kappa shape index (κ3) is 4.86. The SMILES string of the molecule is CNc1nc(-c2sc(C)nc2C)cs1.O=Cc1ccc(Cl)cc1. The molecule has 0 saturated heterocycles. The lowest BCUT2D eigenvalue weighted by Crippen LogP contribution is -1.85. The van der Waals surface area contributed by atoms with Crippen LogP contribution in [0.15, 0.2) is 29.6 Å². The molecule has 0 aliphatic carbocycles. The van der Waals surface area contributed by atoms with Crippen LogP contribution in [-0.4, -0.2) is 23.3 Å². The lowest BCUT2D eigenvalue weighted by molar-refractivity contribution is 0.112. The number of carbonyl (C=O) groups excluding carboxylic acids is 1. The lowest BCUT2D eigenvalue weighted by Gasteiger charge is -1.91. The van der Waals surface area contributed by atoms with E-state index in [4.69, 9.17) is 11.6 Å². The number of anilines is 1. The third-order valence-electron chi connectivity index (χ3n) is 2.86. The van der Waals surface area contributed by atoms with Gasteiger partial charge in [0.05, 0.1) is 21.3 Å². The second-order valence-electron chi connectivity index (χ2n) is 4.60. The molecule has 7 heteroatoms. The van der Waals surface area contributed by atoms with Crippen LogP contribution in [0.1, 0.15) is 21.1 Å². The van der Waals surface area contributed by atoms with Gasteiger partial charge in [0.2, 0.25) is 0 Å². The summed E-state index contributed by atoms with van der Waals surface area (Å²) in [4.78, 5) is 20.1. The molecule has 23 heavy (non-hydrogen) atoms. The Labute approximate surface area is 148 Å². The molecule has 0 aliphatic heterocycles. The normalized spacial score (nSPS) is 9.91. The van der Waals surface area contributed by atoms with Gasteiger partial charge in [-0.3, -0.25) is 4.79 Å². The molecule has 0 atom stereocenters. The van der Waals surface area contributed by atoms with Gasteiger partial charge in [0.1, 0.15) is 6.29 Å². The maximum absolute atomic E-state index is 10.1. The molecule has 2 aromatic heterocycles. The molecule has 1 aromatic carbocycles. The van der Waals surface area contributed by atoms with Crippen molar-refractivity contribution in [1.29, 1.82) is 0 Å². The fourth-order valence-electron chi connectivity index (χ4n) is 1.80. The predicted octanol–water partition coefficient (Wildman–Crippen LogP) is 5.08. The molecular formula is C16H16ClN3OS2. The minimum Gasteiger partial charge on any atom is -0.365 e. The summed E-state index contributed by atoms with van der Waals surface area (Å²) in [6, 6.07) is 6.72. The molecule has 4 nitrogen and oxygen atoms in total. The van der Waals surface area contributed by atoms with Gasteiger partial charge in [-0.05, 0) is 26.0 Å². The van der Waals surface area contributed by atoms with Crippen LogP contribution in [0.4, 0.5) is 5.13 Å². The zero-order chi connectivity index (χ0) is 16.8. The van der Waals surface area contributed by atoms with E-state index in [2.05, 4.69) is 20.7 Å². The smallest absolute Gasteiger partial charge is 0.182 e. The average molecular weight is 366 g/mol. The van der Waals surface area contributed by atoms with Gasteiger partial charge in [0.15, 0.2) is 5.13 Å². The van der Waals surface area contributed by atoms with Crippen molar-refractivity contribution in [3.63, 3.8) is 0 Å². The van der Waals surface area contributed by atoms with Crippen molar-refractivity contribution in [2.75, 3.05) is 12.4 Å². The number of thiazole rings is 2. The van der Waals surface area contributed by atoms with Crippen molar-refractivity contribution in [3.05, 3.63) is 50.9 Å². The van der Waals surface area contributed by atoms with Gasteiger partial charge < -0.3 is 5.32 Å². The van der Waals surface area contributed by atoms with Crippen LogP contribution < -0.4 is 5.32 Å². The fourth-order valence-corrected chi connectivity index (χ4v) is 3.55. The summed E-state index contributed by atoms with van der Waals surface area (Å²) in [5.41, 5.74) is 2.75. The zero-order valence-corrected chi connectivity index (χ0v) is 15.4. The summed E-state index contributed by atoms with van der Waals surface area (Å²) >= 11 is 8.87. The number of benzene rings is 1. The fraction of sp³-hybridized carbons (Fsp3) is 0.188. The number of nitrogens with one attached hydrogen (secondary N) is 1.